The molecule has 0 aromatic heterocycles. The minimum Gasteiger partial charge on any atom is -0.221 e. The van der Waals surface area contributed by atoms with E-state index in [0.717, 1.165) is 24.3 Å². The molecule has 106 valence electrons. The van der Waals surface area contributed by atoms with Gasteiger partial charge in [-0.3, -0.25) is 0 Å². The largest absolute Gasteiger partial charge is 0.423 e. The number of rotatable bonds is 1. The van der Waals surface area contributed by atoms with Crippen LogP contribution in [0.2, 0.25) is 0 Å². The zero-order valence-electron chi connectivity index (χ0n) is 8.93. The molecule has 2 rings (SSSR count). The highest BCUT2D eigenvalue weighted by Crippen LogP contribution is 2.58. The van der Waals surface area contributed by atoms with Crippen molar-refractivity contribution in [2.45, 2.75) is 15.1 Å². The van der Waals surface area contributed by atoms with Gasteiger partial charge in [0.15, 0.2) is 0 Å². The molecule has 0 unspecified atom stereocenters. The summed E-state index contributed by atoms with van der Waals surface area (Å²) in [5.41, 5.74) is -0.639. The first-order valence-electron chi connectivity index (χ1n) is 4.75. The third kappa shape index (κ3) is 1.49. The summed E-state index contributed by atoms with van der Waals surface area (Å²) in [5, 5.41) is -11.3. The topological polar surface area (TPSA) is 68.3 Å². The van der Waals surface area contributed by atoms with Crippen molar-refractivity contribution in [3.05, 3.63) is 35.9 Å². The smallest absolute Gasteiger partial charge is 0.221 e. The molecule has 0 radical (unpaired) electrons. The minimum atomic E-state index is -5.90. The molecule has 0 aliphatic carbocycles. The molecule has 4 nitrogen and oxygen atoms in total. The molecule has 0 N–H and O–H groups in total. The van der Waals surface area contributed by atoms with Gasteiger partial charge in [-0.05, 0) is 5.56 Å². The van der Waals surface area contributed by atoms with E-state index >= 15 is 0 Å². The molecule has 1 aliphatic heterocycles. The van der Waals surface area contributed by atoms with Crippen LogP contribution in [0.1, 0.15) is 10.1 Å². The van der Waals surface area contributed by atoms with E-state index in [1.165, 1.54) is 6.07 Å². The number of alkyl halides is 4. The fourth-order valence-electron chi connectivity index (χ4n) is 1.74. The highest BCUT2D eigenvalue weighted by Gasteiger charge is 2.84. The highest BCUT2D eigenvalue weighted by atomic mass is 32.3. The van der Waals surface area contributed by atoms with Crippen LogP contribution in [0, 0.1) is 0 Å². The normalized spacial score (nSPS) is 27.2. The fourth-order valence-corrected chi connectivity index (χ4v) is 6.72. The Hall–Kier alpha value is -1.16. The summed E-state index contributed by atoms with van der Waals surface area (Å²) in [6.07, 6.45) is 0. The van der Waals surface area contributed by atoms with Crippen LogP contribution in [0.25, 0.3) is 0 Å². The van der Waals surface area contributed by atoms with Crippen LogP contribution in [-0.4, -0.2) is 27.3 Å². The maximum absolute atomic E-state index is 13.2. The lowest BCUT2D eigenvalue weighted by atomic mass is 10.2. The van der Waals surface area contributed by atoms with Crippen molar-refractivity contribution >= 4 is 19.7 Å². The van der Waals surface area contributed by atoms with E-state index in [1.54, 1.807) is 0 Å². The Labute approximate surface area is 105 Å². The third-order valence-electron chi connectivity index (χ3n) is 2.69. The fraction of sp³-hybridized carbons (Fsp3) is 0.333. The second-order valence-electron chi connectivity index (χ2n) is 3.87. The Bertz CT molecular complexity index is 666. The van der Waals surface area contributed by atoms with Gasteiger partial charge in [-0.2, -0.15) is 17.6 Å². The zero-order valence-corrected chi connectivity index (χ0v) is 10.6. The molecule has 1 aromatic carbocycles. The van der Waals surface area contributed by atoms with E-state index < -0.39 is 40.3 Å². The molecule has 10 heteroatoms. The summed E-state index contributed by atoms with van der Waals surface area (Å²) in [5.74, 6) is 0. The van der Waals surface area contributed by atoms with Crippen molar-refractivity contribution in [2.75, 3.05) is 0 Å². The molecule has 1 aliphatic rings. The summed E-state index contributed by atoms with van der Waals surface area (Å²) in [7, 11) is -11.8. The average molecular weight is 318 g/mol. The van der Waals surface area contributed by atoms with Crippen LogP contribution in [0.3, 0.4) is 0 Å². The predicted molar refractivity (Wildman–Crippen MR) is 56.9 cm³/mol. The van der Waals surface area contributed by atoms with Gasteiger partial charge in [0.25, 0.3) is 0 Å². The zero-order chi connectivity index (χ0) is 14.7. The number of halogens is 4. The van der Waals surface area contributed by atoms with Crippen LogP contribution in [0.5, 0.6) is 0 Å². The highest BCUT2D eigenvalue weighted by molar-refractivity contribution is 8.12. The Morgan fingerprint density at radius 3 is 1.53 bits per heavy atom. The van der Waals surface area contributed by atoms with Gasteiger partial charge in [0.1, 0.15) is 0 Å². The van der Waals surface area contributed by atoms with Crippen molar-refractivity contribution in [3.8, 4) is 0 Å². The Morgan fingerprint density at radius 1 is 0.789 bits per heavy atom. The van der Waals surface area contributed by atoms with Gasteiger partial charge in [0.05, 0.1) is 0 Å². The number of hydrogen-bond donors (Lipinski definition) is 0. The van der Waals surface area contributed by atoms with Crippen molar-refractivity contribution in [2.24, 2.45) is 0 Å². The molecular weight excluding hydrogens is 312 g/mol. The van der Waals surface area contributed by atoms with Gasteiger partial charge in [0.2, 0.25) is 24.3 Å². The lowest BCUT2D eigenvalue weighted by molar-refractivity contribution is -0.0920. The van der Waals surface area contributed by atoms with E-state index in [0.29, 0.717) is 0 Å². The van der Waals surface area contributed by atoms with Crippen molar-refractivity contribution in [1.29, 1.82) is 0 Å². The second-order valence-corrected chi connectivity index (χ2v) is 8.31. The molecule has 1 aromatic rings. The molecule has 1 heterocycles. The molecular formula is C9H6F4O4S2. The molecule has 0 bridgehead atoms. The van der Waals surface area contributed by atoms with Crippen LogP contribution in [-0.2, 0) is 19.7 Å². The van der Waals surface area contributed by atoms with E-state index in [2.05, 4.69) is 0 Å². The summed E-state index contributed by atoms with van der Waals surface area (Å²) in [6, 6.07) is 5.45. The maximum Gasteiger partial charge on any atom is 0.423 e. The molecule has 0 spiro atoms. The van der Waals surface area contributed by atoms with Gasteiger partial charge >= 0.3 is 10.5 Å². The molecule has 19 heavy (non-hydrogen) atoms. The van der Waals surface area contributed by atoms with Gasteiger partial charge in [0, 0.05) is 0 Å². The van der Waals surface area contributed by atoms with Gasteiger partial charge < -0.3 is 0 Å². The van der Waals surface area contributed by atoms with Crippen LogP contribution >= 0.6 is 0 Å². The standard InChI is InChI=1S/C9H6F4O4S2/c10-8(11)9(12,13)19(16,17)7(18(8,14)15)6-4-2-1-3-5-6/h1-5,7H. The Morgan fingerprint density at radius 2 is 1.16 bits per heavy atom. The van der Waals surface area contributed by atoms with Crippen molar-refractivity contribution in [1.82, 2.24) is 0 Å². The summed E-state index contributed by atoms with van der Waals surface area (Å²) in [4.78, 5) is 0. The van der Waals surface area contributed by atoms with Crippen LogP contribution < -0.4 is 0 Å². The molecule has 0 amide bonds. The number of hydrogen-bond acceptors (Lipinski definition) is 4. The SMILES string of the molecule is O=S1(=O)C(c2ccccc2)S(=O)(=O)C(F)(F)C1(F)F. The Balaban J connectivity index is 2.84. The van der Waals surface area contributed by atoms with Crippen molar-refractivity contribution in [3.63, 3.8) is 0 Å². The van der Waals surface area contributed by atoms with E-state index in [-0.39, 0.29) is 0 Å². The third-order valence-corrected chi connectivity index (χ3v) is 7.95. The van der Waals surface area contributed by atoms with E-state index in [9.17, 15) is 34.4 Å². The molecule has 0 saturated carbocycles. The minimum absolute atomic E-state index is 0.639. The quantitative estimate of drug-likeness (QED) is 0.739. The maximum atomic E-state index is 13.2. The van der Waals surface area contributed by atoms with Crippen LogP contribution in [0.15, 0.2) is 30.3 Å². The van der Waals surface area contributed by atoms with E-state index in [1.807, 2.05) is 0 Å². The number of sulfone groups is 2. The summed E-state index contributed by atoms with van der Waals surface area (Å²) < 4.78 is 95.6. The molecule has 1 fully saturated rings. The van der Waals surface area contributed by atoms with Gasteiger partial charge in [-0.1, -0.05) is 30.3 Å². The first-order chi connectivity index (χ1) is 8.48. The lowest BCUT2D eigenvalue weighted by Crippen LogP contribution is -2.42. The van der Waals surface area contributed by atoms with Gasteiger partial charge in [-0.25, -0.2) is 16.8 Å². The first kappa shape index (κ1) is 14.3. The van der Waals surface area contributed by atoms with Crippen LogP contribution in [0.4, 0.5) is 17.6 Å². The monoisotopic (exact) mass is 318 g/mol. The lowest BCUT2D eigenvalue weighted by Gasteiger charge is -2.14. The Kier molecular flexibility index (Phi) is 2.77. The van der Waals surface area contributed by atoms with E-state index in [4.69, 9.17) is 0 Å². The predicted octanol–water partition coefficient (Wildman–Crippen LogP) is 1.71. The molecule has 1 saturated heterocycles. The molecule has 0 atom stereocenters. The summed E-state index contributed by atoms with van der Waals surface area (Å²) >= 11 is 0. The van der Waals surface area contributed by atoms with Gasteiger partial charge in [-0.15, -0.1) is 0 Å². The number of benzene rings is 1. The second kappa shape index (κ2) is 3.69. The first-order valence-corrected chi connectivity index (χ1v) is 7.84. The average Bonchev–Trinajstić information content (AvgIpc) is 2.35. The van der Waals surface area contributed by atoms with Crippen molar-refractivity contribution < 1.29 is 34.4 Å². The summed E-state index contributed by atoms with van der Waals surface area (Å²) in [6.45, 7) is 0.